The zero-order valence-corrected chi connectivity index (χ0v) is 16.3. The van der Waals surface area contributed by atoms with Crippen molar-refractivity contribution in [2.75, 3.05) is 5.43 Å². The van der Waals surface area contributed by atoms with Gasteiger partial charge < -0.3 is 4.74 Å². The molecule has 134 valence electrons. The normalized spacial score (nSPS) is 11.3. The topological polar surface area (TPSA) is 46.5 Å². The molecule has 4 nitrogen and oxygen atoms in total. The molecule has 0 aliphatic carbocycles. The van der Waals surface area contributed by atoms with Gasteiger partial charge in [-0.3, -0.25) is 5.43 Å². The number of anilines is 1. The zero-order valence-electron chi connectivity index (χ0n) is 15.5. The van der Waals surface area contributed by atoms with E-state index >= 15 is 0 Å². The molecule has 0 saturated carbocycles. The number of nitrogens with zero attached hydrogens (tertiary/aromatic N) is 2. The first kappa shape index (κ1) is 18.1. The minimum Gasteiger partial charge on any atom is -0.491 e. The van der Waals surface area contributed by atoms with E-state index in [0.29, 0.717) is 0 Å². The van der Waals surface area contributed by atoms with Crippen molar-refractivity contribution < 1.29 is 4.74 Å². The van der Waals surface area contributed by atoms with Crippen LogP contribution in [0.2, 0.25) is 0 Å². The Balaban J connectivity index is 1.66. The van der Waals surface area contributed by atoms with Crippen LogP contribution in [0, 0.1) is 13.8 Å². The van der Waals surface area contributed by atoms with Crippen LogP contribution in [0.5, 0.6) is 5.75 Å². The number of hydrazone groups is 1. The summed E-state index contributed by atoms with van der Waals surface area (Å²) in [6.45, 7) is 8.25. The number of ether oxygens (including phenoxy) is 1. The van der Waals surface area contributed by atoms with Crippen LogP contribution < -0.4 is 10.2 Å². The van der Waals surface area contributed by atoms with Crippen LogP contribution in [0.3, 0.4) is 0 Å². The smallest absolute Gasteiger partial charge is 0.203 e. The molecule has 0 bridgehead atoms. The molecule has 0 aliphatic heterocycles. The van der Waals surface area contributed by atoms with Crippen molar-refractivity contribution in [1.29, 1.82) is 0 Å². The van der Waals surface area contributed by atoms with E-state index in [1.54, 1.807) is 17.6 Å². The summed E-state index contributed by atoms with van der Waals surface area (Å²) in [7, 11) is 0. The third-order valence-corrected chi connectivity index (χ3v) is 4.66. The molecular formula is C21H23N3OS. The number of rotatable bonds is 6. The van der Waals surface area contributed by atoms with Gasteiger partial charge >= 0.3 is 0 Å². The lowest BCUT2D eigenvalue weighted by molar-refractivity contribution is 0.242. The summed E-state index contributed by atoms with van der Waals surface area (Å²) in [6.07, 6.45) is 1.92. The van der Waals surface area contributed by atoms with Crippen molar-refractivity contribution >= 4 is 22.7 Å². The van der Waals surface area contributed by atoms with Gasteiger partial charge in [-0.1, -0.05) is 24.3 Å². The van der Waals surface area contributed by atoms with Crippen molar-refractivity contribution in [3.8, 4) is 17.0 Å². The summed E-state index contributed by atoms with van der Waals surface area (Å²) < 4.78 is 5.70. The molecular weight excluding hydrogens is 342 g/mol. The molecule has 3 aromatic rings. The number of nitrogens with one attached hydrogen (secondary N) is 1. The summed E-state index contributed by atoms with van der Waals surface area (Å²) in [5.41, 5.74) is 8.62. The van der Waals surface area contributed by atoms with Crippen LogP contribution in [-0.4, -0.2) is 17.3 Å². The fourth-order valence-corrected chi connectivity index (χ4v) is 3.13. The van der Waals surface area contributed by atoms with Crippen LogP contribution in [0.1, 0.15) is 30.5 Å². The van der Waals surface area contributed by atoms with E-state index in [0.717, 1.165) is 27.7 Å². The number of aromatic nitrogens is 1. The van der Waals surface area contributed by atoms with Crippen molar-refractivity contribution in [2.24, 2.45) is 5.10 Å². The van der Waals surface area contributed by atoms with Gasteiger partial charge in [0.2, 0.25) is 5.13 Å². The van der Waals surface area contributed by atoms with Gasteiger partial charge in [0, 0.05) is 10.9 Å². The summed E-state index contributed by atoms with van der Waals surface area (Å²) in [5, 5.41) is 7.10. The fraction of sp³-hybridized carbons (Fsp3) is 0.238. The number of thiazole rings is 1. The molecule has 1 aromatic heterocycles. The number of hydrogen-bond acceptors (Lipinski definition) is 5. The lowest BCUT2D eigenvalue weighted by atomic mass is 10.1. The Morgan fingerprint density at radius 1 is 1.12 bits per heavy atom. The number of benzene rings is 2. The second-order valence-corrected chi connectivity index (χ2v) is 7.30. The second-order valence-electron chi connectivity index (χ2n) is 6.45. The third-order valence-electron chi connectivity index (χ3n) is 3.91. The maximum atomic E-state index is 5.70. The lowest BCUT2D eigenvalue weighted by Crippen LogP contribution is -2.05. The van der Waals surface area contributed by atoms with Gasteiger partial charge in [-0.15, -0.1) is 11.3 Å². The van der Waals surface area contributed by atoms with Gasteiger partial charge in [-0.25, -0.2) is 4.98 Å². The molecule has 0 aliphatic rings. The van der Waals surface area contributed by atoms with E-state index < -0.39 is 0 Å². The fourth-order valence-electron chi connectivity index (χ4n) is 2.46. The van der Waals surface area contributed by atoms with Crippen LogP contribution in [-0.2, 0) is 0 Å². The van der Waals surface area contributed by atoms with Crippen molar-refractivity contribution in [3.63, 3.8) is 0 Å². The van der Waals surface area contributed by atoms with Gasteiger partial charge in [0.05, 0.1) is 18.0 Å². The largest absolute Gasteiger partial charge is 0.491 e. The first-order valence-corrected chi connectivity index (χ1v) is 9.48. The van der Waals surface area contributed by atoms with E-state index in [2.05, 4.69) is 47.6 Å². The average molecular weight is 366 g/mol. The highest BCUT2D eigenvalue weighted by molar-refractivity contribution is 7.14. The molecule has 0 fully saturated rings. The first-order valence-electron chi connectivity index (χ1n) is 8.60. The van der Waals surface area contributed by atoms with Crippen molar-refractivity contribution in [3.05, 3.63) is 64.5 Å². The molecule has 0 amide bonds. The molecule has 0 spiro atoms. The Bertz CT molecular complexity index is 915. The average Bonchev–Trinajstić information content (AvgIpc) is 3.06. The Kier molecular flexibility index (Phi) is 5.68. The molecule has 0 atom stereocenters. The highest BCUT2D eigenvalue weighted by Gasteiger charge is 2.05. The molecule has 3 rings (SSSR count). The first-order chi connectivity index (χ1) is 12.5. The SMILES string of the molecule is Cc1ccc(-c2csc(N/N=C\c3cccc(OC(C)C)c3)n2)cc1C. The Labute approximate surface area is 158 Å². The molecule has 5 heteroatoms. The molecule has 0 unspecified atom stereocenters. The molecule has 26 heavy (non-hydrogen) atoms. The van der Waals surface area contributed by atoms with Crippen LogP contribution in [0.4, 0.5) is 5.13 Å². The monoisotopic (exact) mass is 365 g/mol. The lowest BCUT2D eigenvalue weighted by Gasteiger charge is -2.09. The second kappa shape index (κ2) is 8.15. The predicted octanol–water partition coefficient (Wildman–Crippen LogP) is 5.66. The van der Waals surface area contributed by atoms with E-state index in [-0.39, 0.29) is 6.10 Å². The zero-order chi connectivity index (χ0) is 18.5. The molecule has 0 saturated heterocycles. The summed E-state index contributed by atoms with van der Waals surface area (Å²) in [6, 6.07) is 14.2. The standard InChI is InChI=1S/C21H23N3OS/c1-14(2)25-19-7-5-6-17(11-19)12-22-24-21-23-20(13-26-21)18-9-8-15(3)16(4)10-18/h5-14H,1-4H3,(H,23,24)/b22-12-. The minimum atomic E-state index is 0.152. The number of hydrogen-bond donors (Lipinski definition) is 1. The molecule has 0 radical (unpaired) electrons. The van der Waals surface area contributed by atoms with Gasteiger partial charge in [0.1, 0.15) is 5.75 Å². The maximum Gasteiger partial charge on any atom is 0.203 e. The van der Waals surface area contributed by atoms with Crippen molar-refractivity contribution in [2.45, 2.75) is 33.8 Å². The van der Waals surface area contributed by atoms with Crippen LogP contribution in [0.15, 0.2) is 52.9 Å². The van der Waals surface area contributed by atoms with Gasteiger partial charge in [-0.2, -0.15) is 5.10 Å². The van der Waals surface area contributed by atoms with Gasteiger partial charge in [0.25, 0.3) is 0 Å². The third kappa shape index (κ3) is 4.70. The summed E-state index contributed by atoms with van der Waals surface area (Å²) in [5.74, 6) is 0.843. The summed E-state index contributed by atoms with van der Waals surface area (Å²) >= 11 is 1.54. The minimum absolute atomic E-state index is 0.152. The Hall–Kier alpha value is -2.66. The molecule has 1 heterocycles. The highest BCUT2D eigenvalue weighted by atomic mass is 32.1. The van der Waals surface area contributed by atoms with E-state index in [1.807, 2.05) is 43.5 Å². The molecule has 2 aromatic carbocycles. The Morgan fingerprint density at radius 2 is 1.96 bits per heavy atom. The quantitative estimate of drug-likeness (QED) is 0.453. The maximum absolute atomic E-state index is 5.70. The van der Waals surface area contributed by atoms with E-state index in [1.165, 1.54) is 11.1 Å². The van der Waals surface area contributed by atoms with Crippen LogP contribution in [0.25, 0.3) is 11.3 Å². The predicted molar refractivity (Wildman–Crippen MR) is 110 cm³/mol. The van der Waals surface area contributed by atoms with Gasteiger partial charge in [0.15, 0.2) is 0 Å². The van der Waals surface area contributed by atoms with Gasteiger partial charge in [-0.05, 0) is 62.6 Å². The highest BCUT2D eigenvalue weighted by Crippen LogP contribution is 2.26. The van der Waals surface area contributed by atoms with E-state index in [9.17, 15) is 0 Å². The van der Waals surface area contributed by atoms with Crippen LogP contribution >= 0.6 is 11.3 Å². The molecule has 1 N–H and O–H groups in total. The number of aryl methyl sites for hydroxylation is 2. The Morgan fingerprint density at radius 3 is 2.73 bits per heavy atom. The van der Waals surface area contributed by atoms with Crippen molar-refractivity contribution in [1.82, 2.24) is 4.98 Å². The van der Waals surface area contributed by atoms with E-state index in [4.69, 9.17) is 4.74 Å². The summed E-state index contributed by atoms with van der Waals surface area (Å²) in [4.78, 5) is 4.61.